The van der Waals surface area contributed by atoms with E-state index < -0.39 is 22.5 Å². The summed E-state index contributed by atoms with van der Waals surface area (Å²) in [4.78, 5) is 12.9. The van der Waals surface area contributed by atoms with Crippen molar-refractivity contribution in [3.63, 3.8) is 0 Å². The second-order valence-electron chi connectivity index (χ2n) is 7.48. The van der Waals surface area contributed by atoms with E-state index in [9.17, 15) is 13.2 Å². The van der Waals surface area contributed by atoms with Gasteiger partial charge in [0.2, 0.25) is 5.91 Å². The molecule has 0 spiro atoms. The van der Waals surface area contributed by atoms with Crippen LogP contribution in [0.5, 0.6) is 23.0 Å². The average Bonchev–Trinajstić information content (AvgIpc) is 2.87. The number of ether oxygens (including phenoxy) is 4. The molecule has 1 N–H and O–H groups in total. The molecule has 0 radical (unpaired) electrons. The normalized spacial score (nSPS) is 10.9. The molecular weight excluding hydrogens is 472 g/mol. The molecule has 0 saturated heterocycles. The second-order valence-corrected chi connectivity index (χ2v) is 9.34. The zero-order valence-electron chi connectivity index (χ0n) is 20.2. The number of benzene rings is 3. The summed E-state index contributed by atoms with van der Waals surface area (Å²) in [6.45, 7) is 1.41. The van der Waals surface area contributed by atoms with Gasteiger partial charge in [-0.15, -0.1) is 0 Å². The van der Waals surface area contributed by atoms with Gasteiger partial charge in [-0.2, -0.15) is 0 Å². The minimum absolute atomic E-state index is 0.0943. The molecule has 0 bridgehead atoms. The van der Waals surface area contributed by atoms with Crippen LogP contribution in [-0.2, 0) is 14.8 Å². The molecular formula is C25H28N2O7S. The highest BCUT2D eigenvalue weighted by molar-refractivity contribution is 7.92. The van der Waals surface area contributed by atoms with Crippen LogP contribution in [0.15, 0.2) is 65.6 Å². The monoisotopic (exact) mass is 500 g/mol. The van der Waals surface area contributed by atoms with Crippen LogP contribution in [0.1, 0.15) is 5.56 Å². The lowest BCUT2D eigenvalue weighted by molar-refractivity contribution is -0.114. The lowest BCUT2D eigenvalue weighted by atomic mass is 10.2. The van der Waals surface area contributed by atoms with E-state index in [2.05, 4.69) is 5.32 Å². The van der Waals surface area contributed by atoms with Crippen LogP contribution in [0.2, 0.25) is 0 Å². The van der Waals surface area contributed by atoms with Gasteiger partial charge in [0.05, 0.1) is 39.0 Å². The van der Waals surface area contributed by atoms with Crippen molar-refractivity contribution in [3.8, 4) is 23.0 Å². The topological polar surface area (TPSA) is 103 Å². The molecule has 0 aliphatic carbocycles. The maximum atomic E-state index is 13.9. The Hall–Kier alpha value is -3.92. The quantitative estimate of drug-likeness (QED) is 0.451. The Labute approximate surface area is 205 Å². The Morgan fingerprint density at radius 1 is 0.800 bits per heavy atom. The molecule has 0 saturated carbocycles. The van der Waals surface area contributed by atoms with Crippen molar-refractivity contribution in [1.82, 2.24) is 0 Å². The third-order valence-corrected chi connectivity index (χ3v) is 6.98. The Kier molecular flexibility index (Phi) is 8.08. The summed E-state index contributed by atoms with van der Waals surface area (Å²) in [7, 11) is 1.48. The van der Waals surface area contributed by atoms with Crippen LogP contribution in [0.25, 0.3) is 0 Å². The first-order valence-corrected chi connectivity index (χ1v) is 12.0. The molecule has 9 nitrogen and oxygen atoms in total. The number of anilines is 2. The summed E-state index contributed by atoms with van der Waals surface area (Å²) >= 11 is 0. The number of hydrogen-bond acceptors (Lipinski definition) is 7. The SMILES string of the molecule is COc1ccc(OC)c(N(CC(=O)Nc2ccc(C)cc2)S(=O)(=O)c2ccc(OC)c(OC)c2)c1. The highest BCUT2D eigenvalue weighted by atomic mass is 32.2. The number of rotatable bonds is 10. The van der Waals surface area contributed by atoms with Crippen LogP contribution >= 0.6 is 0 Å². The summed E-state index contributed by atoms with van der Waals surface area (Å²) < 4.78 is 49.9. The van der Waals surface area contributed by atoms with Crippen LogP contribution < -0.4 is 28.6 Å². The van der Waals surface area contributed by atoms with E-state index in [-0.39, 0.29) is 22.1 Å². The van der Waals surface area contributed by atoms with Crippen LogP contribution in [0.4, 0.5) is 11.4 Å². The van der Waals surface area contributed by atoms with E-state index in [1.807, 2.05) is 19.1 Å². The second kappa shape index (κ2) is 11.0. The third-order valence-electron chi connectivity index (χ3n) is 5.22. The Balaban J connectivity index is 2.09. The predicted octanol–water partition coefficient (Wildman–Crippen LogP) is 3.86. The smallest absolute Gasteiger partial charge is 0.265 e. The van der Waals surface area contributed by atoms with Gasteiger partial charge in [-0.3, -0.25) is 9.10 Å². The van der Waals surface area contributed by atoms with E-state index in [1.54, 1.807) is 24.3 Å². The first kappa shape index (κ1) is 25.7. The van der Waals surface area contributed by atoms with Crippen molar-refractivity contribution in [2.24, 2.45) is 0 Å². The van der Waals surface area contributed by atoms with E-state index in [4.69, 9.17) is 18.9 Å². The van der Waals surface area contributed by atoms with Gasteiger partial charge >= 0.3 is 0 Å². The van der Waals surface area contributed by atoms with Crippen molar-refractivity contribution < 1.29 is 32.2 Å². The zero-order chi connectivity index (χ0) is 25.6. The van der Waals surface area contributed by atoms with Crippen molar-refractivity contribution in [2.75, 3.05) is 44.6 Å². The molecule has 3 rings (SSSR count). The minimum atomic E-state index is -4.26. The van der Waals surface area contributed by atoms with Gasteiger partial charge in [0, 0.05) is 17.8 Å². The number of carbonyl (C=O) groups excluding carboxylic acids is 1. The molecule has 10 heteroatoms. The molecule has 0 atom stereocenters. The predicted molar refractivity (Wildman–Crippen MR) is 133 cm³/mol. The zero-order valence-corrected chi connectivity index (χ0v) is 21.0. The molecule has 0 aliphatic heterocycles. The van der Waals surface area contributed by atoms with Gasteiger partial charge in [0.1, 0.15) is 18.0 Å². The number of amides is 1. The first-order valence-electron chi connectivity index (χ1n) is 10.6. The van der Waals surface area contributed by atoms with Crippen molar-refractivity contribution in [2.45, 2.75) is 11.8 Å². The van der Waals surface area contributed by atoms with Crippen molar-refractivity contribution in [1.29, 1.82) is 0 Å². The summed E-state index contributed by atoms with van der Waals surface area (Å²) in [6, 6.07) is 16.1. The Morgan fingerprint density at radius 3 is 2.03 bits per heavy atom. The fraction of sp³-hybridized carbons (Fsp3) is 0.240. The van der Waals surface area contributed by atoms with Gasteiger partial charge in [0.15, 0.2) is 11.5 Å². The summed E-state index contributed by atoms with van der Waals surface area (Å²) in [5, 5.41) is 2.74. The van der Waals surface area contributed by atoms with E-state index in [1.165, 1.54) is 52.7 Å². The van der Waals surface area contributed by atoms with Crippen molar-refractivity contribution >= 4 is 27.3 Å². The Bertz CT molecular complexity index is 1290. The molecule has 3 aromatic rings. The van der Waals surface area contributed by atoms with E-state index in [0.717, 1.165) is 9.87 Å². The molecule has 186 valence electrons. The number of aryl methyl sites for hydroxylation is 1. The fourth-order valence-corrected chi connectivity index (χ4v) is 4.80. The van der Waals surface area contributed by atoms with Gasteiger partial charge in [0.25, 0.3) is 10.0 Å². The van der Waals surface area contributed by atoms with Gasteiger partial charge in [-0.1, -0.05) is 17.7 Å². The van der Waals surface area contributed by atoms with Crippen molar-refractivity contribution in [3.05, 3.63) is 66.2 Å². The Morgan fingerprint density at radius 2 is 1.43 bits per heavy atom. The van der Waals surface area contributed by atoms with Gasteiger partial charge < -0.3 is 24.3 Å². The molecule has 1 amide bonds. The van der Waals surface area contributed by atoms with Crippen LogP contribution in [0, 0.1) is 6.92 Å². The highest BCUT2D eigenvalue weighted by Crippen LogP contribution is 2.37. The summed E-state index contributed by atoms with van der Waals surface area (Å²) in [5.41, 5.74) is 1.71. The molecule has 0 unspecified atom stereocenters. The summed E-state index contributed by atoms with van der Waals surface area (Å²) in [6.07, 6.45) is 0. The number of nitrogens with zero attached hydrogens (tertiary/aromatic N) is 1. The maximum Gasteiger partial charge on any atom is 0.265 e. The lowest BCUT2D eigenvalue weighted by Gasteiger charge is -2.26. The highest BCUT2D eigenvalue weighted by Gasteiger charge is 2.31. The molecule has 0 fully saturated rings. The minimum Gasteiger partial charge on any atom is -0.497 e. The average molecular weight is 501 g/mol. The number of sulfonamides is 1. The molecule has 35 heavy (non-hydrogen) atoms. The van der Waals surface area contributed by atoms with E-state index >= 15 is 0 Å². The standard InChI is InChI=1S/C25H28N2O7S/c1-17-6-8-18(9-7-17)26-25(28)16-27(21-14-19(31-2)10-12-22(21)32-3)35(29,30)20-11-13-23(33-4)24(15-20)34-5/h6-15H,16H2,1-5H3,(H,26,28). The lowest BCUT2D eigenvalue weighted by Crippen LogP contribution is -2.38. The van der Waals surface area contributed by atoms with Crippen LogP contribution in [-0.4, -0.2) is 49.3 Å². The molecule has 0 aromatic heterocycles. The first-order chi connectivity index (χ1) is 16.7. The molecule has 0 aliphatic rings. The number of methoxy groups -OCH3 is 4. The number of nitrogens with one attached hydrogen (secondary N) is 1. The largest absolute Gasteiger partial charge is 0.497 e. The third kappa shape index (κ3) is 5.78. The van der Waals surface area contributed by atoms with E-state index in [0.29, 0.717) is 17.2 Å². The van der Waals surface area contributed by atoms with Gasteiger partial charge in [-0.25, -0.2) is 8.42 Å². The van der Waals surface area contributed by atoms with Crippen LogP contribution in [0.3, 0.4) is 0 Å². The maximum absolute atomic E-state index is 13.9. The van der Waals surface area contributed by atoms with Gasteiger partial charge in [-0.05, 0) is 43.3 Å². The number of hydrogen-bond donors (Lipinski definition) is 1. The summed E-state index contributed by atoms with van der Waals surface area (Å²) in [5.74, 6) is 0.706. The molecule has 0 heterocycles. The number of carbonyl (C=O) groups is 1. The molecule has 3 aromatic carbocycles. The fourth-order valence-electron chi connectivity index (χ4n) is 3.36.